The van der Waals surface area contributed by atoms with E-state index in [0.29, 0.717) is 0 Å². The molecule has 0 aliphatic heterocycles. The first-order chi connectivity index (χ1) is 7.15. The molecule has 1 heterocycles. The third kappa shape index (κ3) is 2.99. The highest BCUT2D eigenvalue weighted by Gasteiger charge is 2.09. The molecule has 1 aromatic heterocycles. The number of nitro groups is 1. The molecule has 0 amide bonds. The van der Waals surface area contributed by atoms with Crippen LogP contribution >= 0.6 is 11.6 Å². The average molecular weight is 228 g/mol. The van der Waals surface area contributed by atoms with Gasteiger partial charge >= 0.3 is 0 Å². The zero-order chi connectivity index (χ0) is 11.3. The molecule has 0 atom stereocenters. The van der Waals surface area contributed by atoms with Crippen molar-refractivity contribution in [3.05, 3.63) is 27.4 Å². The van der Waals surface area contributed by atoms with E-state index >= 15 is 0 Å². The molecule has 15 heavy (non-hydrogen) atoms. The van der Waals surface area contributed by atoms with Gasteiger partial charge in [0.15, 0.2) is 5.82 Å². The summed E-state index contributed by atoms with van der Waals surface area (Å²) in [5, 5.41) is 20.7. The van der Waals surface area contributed by atoms with Gasteiger partial charge in [-0.25, -0.2) is 4.98 Å². The van der Waals surface area contributed by atoms with Crippen molar-refractivity contribution in [2.75, 3.05) is 5.43 Å². The third-order valence-electron chi connectivity index (χ3n) is 1.36. The maximum Gasteiger partial charge on any atom is 0.289 e. The molecule has 0 saturated carbocycles. The molecular formula is C7H6ClN5O2. The molecule has 0 radical (unpaired) electrons. The average Bonchev–Trinajstić information content (AvgIpc) is 2.20. The molecule has 0 spiro atoms. The van der Waals surface area contributed by atoms with Crippen LogP contribution < -0.4 is 5.43 Å². The number of hydrogen-bond acceptors (Lipinski definition) is 6. The van der Waals surface area contributed by atoms with Crippen LogP contribution in [-0.4, -0.2) is 22.3 Å². The van der Waals surface area contributed by atoms with Crippen LogP contribution in [0.25, 0.3) is 0 Å². The molecule has 0 aromatic carbocycles. The van der Waals surface area contributed by atoms with Crippen molar-refractivity contribution in [1.29, 1.82) is 5.41 Å². The van der Waals surface area contributed by atoms with E-state index in [4.69, 9.17) is 17.0 Å². The van der Waals surface area contributed by atoms with Gasteiger partial charge in [-0.2, -0.15) is 5.10 Å². The summed E-state index contributed by atoms with van der Waals surface area (Å²) >= 11 is 5.69. The van der Waals surface area contributed by atoms with Gasteiger partial charge in [0, 0.05) is 12.3 Å². The van der Waals surface area contributed by atoms with Crippen LogP contribution in [0.4, 0.5) is 11.5 Å². The maximum atomic E-state index is 10.4. The molecule has 78 valence electrons. The van der Waals surface area contributed by atoms with Crippen molar-refractivity contribution in [2.45, 2.75) is 0 Å². The number of nitrogens with one attached hydrogen (secondary N) is 2. The first-order valence-electron chi connectivity index (χ1n) is 3.73. The molecule has 0 fully saturated rings. The van der Waals surface area contributed by atoms with Gasteiger partial charge in [-0.3, -0.25) is 15.5 Å². The van der Waals surface area contributed by atoms with E-state index in [-0.39, 0.29) is 16.5 Å². The summed E-state index contributed by atoms with van der Waals surface area (Å²) < 4.78 is 0. The zero-order valence-electron chi connectivity index (χ0n) is 7.35. The number of halogens is 1. The van der Waals surface area contributed by atoms with E-state index in [2.05, 4.69) is 15.5 Å². The number of aromatic nitrogens is 1. The largest absolute Gasteiger partial charge is 0.307 e. The van der Waals surface area contributed by atoms with Crippen molar-refractivity contribution < 1.29 is 4.92 Å². The summed E-state index contributed by atoms with van der Waals surface area (Å²) in [6.07, 6.45) is 3.21. The van der Waals surface area contributed by atoms with Crippen molar-refractivity contribution >= 4 is 35.5 Å². The number of hydrogen-bond donors (Lipinski definition) is 2. The first-order valence-corrected chi connectivity index (χ1v) is 4.11. The van der Waals surface area contributed by atoms with Gasteiger partial charge in [0.25, 0.3) is 5.69 Å². The second kappa shape index (κ2) is 5.01. The molecule has 7 nitrogen and oxygen atoms in total. The molecule has 1 aromatic rings. The second-order valence-corrected chi connectivity index (χ2v) is 2.74. The second-order valence-electron chi connectivity index (χ2n) is 2.34. The van der Waals surface area contributed by atoms with E-state index in [1.54, 1.807) is 0 Å². The molecular weight excluding hydrogens is 222 g/mol. The minimum Gasteiger partial charge on any atom is -0.307 e. The monoisotopic (exact) mass is 227 g/mol. The van der Waals surface area contributed by atoms with Gasteiger partial charge in [0.2, 0.25) is 0 Å². The molecule has 0 unspecified atom stereocenters. The summed E-state index contributed by atoms with van der Waals surface area (Å²) in [6, 6.07) is 1.16. The molecule has 1 rings (SSSR count). The molecule has 0 saturated heterocycles. The fourth-order valence-corrected chi connectivity index (χ4v) is 0.948. The summed E-state index contributed by atoms with van der Waals surface area (Å²) in [6.45, 7) is 0. The van der Waals surface area contributed by atoms with Crippen LogP contribution in [0, 0.1) is 15.5 Å². The molecule has 0 aliphatic rings. The van der Waals surface area contributed by atoms with E-state index in [1.165, 1.54) is 6.21 Å². The Bertz CT molecular complexity index is 420. The van der Waals surface area contributed by atoms with Crippen LogP contribution in [-0.2, 0) is 0 Å². The lowest BCUT2D eigenvalue weighted by atomic mass is 10.4. The van der Waals surface area contributed by atoms with Gasteiger partial charge in [-0.05, 0) is 0 Å². The van der Waals surface area contributed by atoms with Crippen molar-refractivity contribution in [3.63, 3.8) is 0 Å². The quantitative estimate of drug-likeness (QED) is 0.464. The number of anilines is 1. The zero-order valence-corrected chi connectivity index (χ0v) is 8.10. The van der Waals surface area contributed by atoms with Gasteiger partial charge in [0.05, 0.1) is 16.2 Å². The van der Waals surface area contributed by atoms with E-state index < -0.39 is 4.92 Å². The van der Waals surface area contributed by atoms with E-state index in [9.17, 15) is 10.1 Å². The summed E-state index contributed by atoms with van der Waals surface area (Å²) in [5.41, 5.74) is 2.24. The van der Waals surface area contributed by atoms with Crippen LogP contribution in [0.1, 0.15) is 0 Å². The number of pyridine rings is 1. The van der Waals surface area contributed by atoms with Crippen molar-refractivity contribution in [1.82, 2.24) is 4.98 Å². The Morgan fingerprint density at radius 2 is 2.47 bits per heavy atom. The van der Waals surface area contributed by atoms with Crippen LogP contribution in [0.2, 0.25) is 5.02 Å². The molecule has 2 N–H and O–H groups in total. The Morgan fingerprint density at radius 1 is 1.73 bits per heavy atom. The highest BCUT2D eigenvalue weighted by Crippen LogP contribution is 2.23. The fraction of sp³-hybridized carbons (Fsp3) is 0. The minimum absolute atomic E-state index is 0.0892. The highest BCUT2D eigenvalue weighted by molar-refractivity contribution is 6.33. The topological polar surface area (TPSA) is 104 Å². The lowest BCUT2D eigenvalue weighted by molar-refractivity contribution is -0.385. The Kier molecular flexibility index (Phi) is 3.69. The predicted octanol–water partition coefficient (Wildman–Crippen LogP) is 1.69. The van der Waals surface area contributed by atoms with Gasteiger partial charge in [-0.15, -0.1) is 0 Å². The molecule has 0 aliphatic carbocycles. The van der Waals surface area contributed by atoms with E-state index in [0.717, 1.165) is 18.5 Å². The lowest BCUT2D eigenvalue weighted by Crippen LogP contribution is -1.96. The Balaban J connectivity index is 2.88. The summed E-state index contributed by atoms with van der Waals surface area (Å²) in [5.74, 6) is 0.195. The van der Waals surface area contributed by atoms with E-state index in [1.807, 2.05) is 0 Å². The van der Waals surface area contributed by atoms with Gasteiger partial charge in [-0.1, -0.05) is 11.6 Å². The molecule has 8 heteroatoms. The smallest absolute Gasteiger partial charge is 0.289 e. The van der Waals surface area contributed by atoms with Crippen LogP contribution in [0.3, 0.4) is 0 Å². The van der Waals surface area contributed by atoms with Gasteiger partial charge in [0.1, 0.15) is 6.20 Å². The number of hydrazone groups is 1. The van der Waals surface area contributed by atoms with Crippen LogP contribution in [0.15, 0.2) is 17.4 Å². The van der Waals surface area contributed by atoms with Gasteiger partial charge < -0.3 is 5.41 Å². The Morgan fingerprint density at radius 3 is 3.00 bits per heavy atom. The van der Waals surface area contributed by atoms with Crippen molar-refractivity contribution in [2.24, 2.45) is 5.10 Å². The standard InChI is InChI=1S/C7H6ClN5O2/c8-6-3-5(13(14)15)4-10-7(6)12-11-2-1-9/h1-4,9H,(H,10,12)/b9-1?,11-2-. The highest BCUT2D eigenvalue weighted by atomic mass is 35.5. The maximum absolute atomic E-state index is 10.4. The predicted molar refractivity (Wildman–Crippen MR) is 56.8 cm³/mol. The van der Waals surface area contributed by atoms with Crippen molar-refractivity contribution in [3.8, 4) is 0 Å². The SMILES string of the molecule is N=C/C=N\Nc1ncc([N+](=O)[O-])cc1Cl. The normalized spacial score (nSPS) is 10.2. The minimum atomic E-state index is -0.594. The number of rotatable bonds is 4. The molecule has 0 bridgehead atoms. The lowest BCUT2D eigenvalue weighted by Gasteiger charge is -2.00. The Hall–Kier alpha value is -2.02. The summed E-state index contributed by atoms with van der Waals surface area (Å²) in [7, 11) is 0. The number of nitrogens with zero attached hydrogens (tertiary/aromatic N) is 3. The fourth-order valence-electron chi connectivity index (χ4n) is 0.746. The van der Waals surface area contributed by atoms with Crippen LogP contribution in [0.5, 0.6) is 0 Å². The first kappa shape index (κ1) is 11.1. The Labute approximate surface area is 89.4 Å². The third-order valence-corrected chi connectivity index (χ3v) is 1.65. The summed E-state index contributed by atoms with van der Waals surface area (Å²) in [4.78, 5) is 13.5.